The lowest BCUT2D eigenvalue weighted by atomic mass is 10.3. The summed E-state index contributed by atoms with van der Waals surface area (Å²) in [4.78, 5) is 0. The molecule has 0 aromatic heterocycles. The van der Waals surface area contributed by atoms with Crippen LogP contribution in [0.25, 0.3) is 0 Å². The van der Waals surface area contributed by atoms with Crippen molar-refractivity contribution in [2.75, 3.05) is 25.5 Å². The second kappa shape index (κ2) is 5.01. The Morgan fingerprint density at radius 1 is 1.17 bits per heavy atom. The molecule has 0 spiro atoms. The van der Waals surface area contributed by atoms with Crippen LogP contribution < -0.4 is 10.6 Å². The lowest BCUT2D eigenvalue weighted by Crippen LogP contribution is -2.17. The molecule has 0 heterocycles. The van der Waals surface area contributed by atoms with Gasteiger partial charge in [0.1, 0.15) is 0 Å². The highest BCUT2D eigenvalue weighted by Crippen LogP contribution is 2.12. The Balaban J connectivity index is 2.37. The Kier molecular flexibility index (Phi) is 3.91. The first-order chi connectivity index (χ1) is 5.83. The number of hydrogen-bond donors (Lipinski definition) is 2. The summed E-state index contributed by atoms with van der Waals surface area (Å²) in [6.07, 6.45) is 0. The Morgan fingerprint density at radius 3 is 2.42 bits per heavy atom. The second-order valence-corrected chi connectivity index (χ2v) is 2.97. The van der Waals surface area contributed by atoms with E-state index < -0.39 is 0 Å². The van der Waals surface area contributed by atoms with Gasteiger partial charge >= 0.3 is 0 Å². The van der Waals surface area contributed by atoms with Crippen LogP contribution in [0.5, 0.6) is 0 Å². The van der Waals surface area contributed by atoms with E-state index in [4.69, 9.17) is 11.6 Å². The van der Waals surface area contributed by atoms with Crippen molar-refractivity contribution in [3.63, 3.8) is 0 Å². The van der Waals surface area contributed by atoms with Gasteiger partial charge < -0.3 is 10.6 Å². The summed E-state index contributed by atoms with van der Waals surface area (Å²) in [6, 6.07) is 7.70. The average molecular weight is 185 g/mol. The molecule has 1 aromatic carbocycles. The molecule has 66 valence electrons. The quantitative estimate of drug-likeness (QED) is 0.700. The number of rotatable bonds is 4. The maximum atomic E-state index is 5.73. The molecule has 1 rings (SSSR count). The summed E-state index contributed by atoms with van der Waals surface area (Å²) in [7, 11) is 1.93. The van der Waals surface area contributed by atoms with Gasteiger partial charge in [-0.15, -0.1) is 0 Å². The molecule has 0 fully saturated rings. The molecule has 0 aliphatic rings. The topological polar surface area (TPSA) is 24.1 Å². The van der Waals surface area contributed by atoms with Gasteiger partial charge in [0.05, 0.1) is 0 Å². The maximum Gasteiger partial charge on any atom is 0.0407 e. The lowest BCUT2D eigenvalue weighted by molar-refractivity contribution is 0.824. The third kappa shape index (κ3) is 3.11. The van der Waals surface area contributed by atoms with Crippen molar-refractivity contribution >= 4 is 17.3 Å². The third-order valence-corrected chi connectivity index (χ3v) is 1.80. The highest BCUT2D eigenvalue weighted by Gasteiger charge is 1.89. The van der Waals surface area contributed by atoms with Crippen molar-refractivity contribution in [1.29, 1.82) is 0 Å². The molecule has 0 radical (unpaired) electrons. The molecule has 2 N–H and O–H groups in total. The molecule has 0 atom stereocenters. The number of nitrogens with one attached hydrogen (secondary N) is 2. The van der Waals surface area contributed by atoms with Gasteiger partial charge in [0, 0.05) is 23.8 Å². The smallest absolute Gasteiger partial charge is 0.0407 e. The van der Waals surface area contributed by atoms with Gasteiger partial charge in [-0.05, 0) is 31.3 Å². The molecular formula is C9H13ClN2. The minimum Gasteiger partial charge on any atom is -0.384 e. The van der Waals surface area contributed by atoms with Crippen molar-refractivity contribution < 1.29 is 0 Å². The maximum absolute atomic E-state index is 5.73. The number of halogens is 1. The SMILES string of the molecule is CNCCNc1ccc(Cl)cc1. The fourth-order valence-electron chi connectivity index (χ4n) is 0.900. The Bertz CT molecular complexity index is 220. The van der Waals surface area contributed by atoms with Gasteiger partial charge in [-0.3, -0.25) is 0 Å². The molecule has 2 nitrogen and oxygen atoms in total. The molecule has 0 saturated carbocycles. The van der Waals surface area contributed by atoms with E-state index in [9.17, 15) is 0 Å². The summed E-state index contributed by atoms with van der Waals surface area (Å²) < 4.78 is 0. The largest absolute Gasteiger partial charge is 0.384 e. The van der Waals surface area contributed by atoms with Crippen molar-refractivity contribution in [3.8, 4) is 0 Å². The predicted octanol–water partition coefficient (Wildman–Crippen LogP) is 1.97. The van der Waals surface area contributed by atoms with E-state index >= 15 is 0 Å². The van der Waals surface area contributed by atoms with Crippen LogP contribution in [0.2, 0.25) is 5.02 Å². The molecule has 0 saturated heterocycles. The number of benzene rings is 1. The van der Waals surface area contributed by atoms with Crippen molar-refractivity contribution in [3.05, 3.63) is 29.3 Å². The van der Waals surface area contributed by atoms with Crippen LogP contribution in [0, 0.1) is 0 Å². The molecule has 0 aliphatic heterocycles. The highest BCUT2D eigenvalue weighted by molar-refractivity contribution is 6.30. The van der Waals surface area contributed by atoms with Crippen LogP contribution in [0.15, 0.2) is 24.3 Å². The summed E-state index contributed by atoms with van der Waals surface area (Å²) in [6.45, 7) is 1.89. The van der Waals surface area contributed by atoms with E-state index in [-0.39, 0.29) is 0 Å². The fraction of sp³-hybridized carbons (Fsp3) is 0.333. The van der Waals surface area contributed by atoms with Crippen molar-refractivity contribution in [2.45, 2.75) is 0 Å². The molecule has 0 aliphatic carbocycles. The standard InChI is InChI=1S/C9H13ClN2/c1-11-6-7-12-9-4-2-8(10)3-5-9/h2-5,11-12H,6-7H2,1H3. The van der Waals surface area contributed by atoms with Crippen molar-refractivity contribution in [2.24, 2.45) is 0 Å². The lowest BCUT2D eigenvalue weighted by Gasteiger charge is -2.04. The zero-order valence-corrected chi connectivity index (χ0v) is 7.86. The molecule has 3 heteroatoms. The number of anilines is 1. The Morgan fingerprint density at radius 2 is 1.83 bits per heavy atom. The van der Waals surface area contributed by atoms with Crippen LogP contribution in [-0.4, -0.2) is 20.1 Å². The van der Waals surface area contributed by atoms with Gasteiger partial charge in [0.25, 0.3) is 0 Å². The second-order valence-electron chi connectivity index (χ2n) is 2.54. The van der Waals surface area contributed by atoms with E-state index in [1.165, 1.54) is 0 Å². The van der Waals surface area contributed by atoms with E-state index in [2.05, 4.69) is 10.6 Å². The van der Waals surface area contributed by atoms with E-state index in [0.29, 0.717) is 0 Å². The van der Waals surface area contributed by atoms with E-state index in [1.807, 2.05) is 31.3 Å². The Hall–Kier alpha value is -0.730. The van der Waals surface area contributed by atoms with Crippen LogP contribution in [0.1, 0.15) is 0 Å². The zero-order chi connectivity index (χ0) is 8.81. The Labute approximate surface area is 77.9 Å². The van der Waals surface area contributed by atoms with E-state index in [0.717, 1.165) is 23.8 Å². The van der Waals surface area contributed by atoms with Crippen LogP contribution in [0.4, 0.5) is 5.69 Å². The minimum atomic E-state index is 0.772. The molecule has 0 unspecified atom stereocenters. The molecular weight excluding hydrogens is 172 g/mol. The fourth-order valence-corrected chi connectivity index (χ4v) is 1.03. The average Bonchev–Trinajstić information content (AvgIpc) is 2.09. The minimum absolute atomic E-state index is 0.772. The third-order valence-electron chi connectivity index (χ3n) is 1.55. The first kappa shape index (κ1) is 9.36. The monoisotopic (exact) mass is 184 g/mol. The molecule has 0 amide bonds. The normalized spacial score (nSPS) is 9.83. The van der Waals surface area contributed by atoms with Gasteiger partial charge in [0.15, 0.2) is 0 Å². The summed E-state index contributed by atoms with van der Waals surface area (Å²) in [5.41, 5.74) is 1.11. The summed E-state index contributed by atoms with van der Waals surface area (Å²) in [5.74, 6) is 0. The summed E-state index contributed by atoms with van der Waals surface area (Å²) in [5, 5.41) is 7.08. The predicted molar refractivity (Wildman–Crippen MR) is 53.9 cm³/mol. The molecule has 12 heavy (non-hydrogen) atoms. The van der Waals surface area contributed by atoms with Gasteiger partial charge in [-0.25, -0.2) is 0 Å². The number of hydrogen-bond acceptors (Lipinski definition) is 2. The van der Waals surface area contributed by atoms with Crippen LogP contribution in [0.3, 0.4) is 0 Å². The number of likely N-dealkylation sites (N-methyl/N-ethyl adjacent to an activating group) is 1. The van der Waals surface area contributed by atoms with Gasteiger partial charge in [0.2, 0.25) is 0 Å². The first-order valence-electron chi connectivity index (χ1n) is 3.97. The highest BCUT2D eigenvalue weighted by atomic mass is 35.5. The molecule has 0 bridgehead atoms. The van der Waals surface area contributed by atoms with E-state index in [1.54, 1.807) is 0 Å². The zero-order valence-electron chi connectivity index (χ0n) is 7.10. The summed E-state index contributed by atoms with van der Waals surface area (Å²) >= 11 is 5.73. The van der Waals surface area contributed by atoms with Gasteiger partial charge in [-0.2, -0.15) is 0 Å². The molecule has 1 aromatic rings. The van der Waals surface area contributed by atoms with Crippen LogP contribution in [-0.2, 0) is 0 Å². The first-order valence-corrected chi connectivity index (χ1v) is 4.35. The van der Waals surface area contributed by atoms with Crippen LogP contribution >= 0.6 is 11.6 Å². The van der Waals surface area contributed by atoms with Gasteiger partial charge in [-0.1, -0.05) is 11.6 Å². The van der Waals surface area contributed by atoms with Crippen molar-refractivity contribution in [1.82, 2.24) is 5.32 Å².